The molecular weight excluding hydrogens is 312 g/mol. The molecular formula is C16H20N4O2S. The van der Waals surface area contributed by atoms with Crippen LogP contribution < -0.4 is 16.2 Å². The van der Waals surface area contributed by atoms with Gasteiger partial charge in [-0.05, 0) is 37.3 Å². The lowest BCUT2D eigenvalue weighted by Gasteiger charge is -2.31. The summed E-state index contributed by atoms with van der Waals surface area (Å²) in [6, 6.07) is 1.93. The van der Waals surface area contributed by atoms with Gasteiger partial charge in [-0.3, -0.25) is 14.2 Å². The SMILES string of the molecule is O=C(Cn1cnc2sccc2c1=O)NC1CCNC12CCCC2. The van der Waals surface area contributed by atoms with E-state index in [1.54, 1.807) is 6.07 Å². The Labute approximate surface area is 137 Å². The number of fused-ring (bicyclic) bond motifs is 1. The van der Waals surface area contributed by atoms with Crippen LogP contribution in [0.3, 0.4) is 0 Å². The first-order valence-corrected chi connectivity index (χ1v) is 9.03. The highest BCUT2D eigenvalue weighted by Crippen LogP contribution is 2.36. The maximum absolute atomic E-state index is 12.4. The van der Waals surface area contributed by atoms with Gasteiger partial charge in [-0.1, -0.05) is 12.8 Å². The highest BCUT2D eigenvalue weighted by Gasteiger charge is 2.44. The first-order chi connectivity index (χ1) is 11.2. The summed E-state index contributed by atoms with van der Waals surface area (Å²) in [5.41, 5.74) is -0.0672. The summed E-state index contributed by atoms with van der Waals surface area (Å²) in [5, 5.41) is 9.16. The minimum absolute atomic E-state index is 0.0319. The van der Waals surface area contributed by atoms with Crippen LogP contribution in [0.4, 0.5) is 0 Å². The van der Waals surface area contributed by atoms with Gasteiger partial charge >= 0.3 is 0 Å². The Bertz CT molecular complexity index is 785. The van der Waals surface area contributed by atoms with Crippen molar-refractivity contribution in [2.24, 2.45) is 0 Å². The second kappa shape index (κ2) is 5.72. The number of rotatable bonds is 3. The van der Waals surface area contributed by atoms with Crippen LogP contribution in [0.15, 0.2) is 22.6 Å². The van der Waals surface area contributed by atoms with Crippen LogP contribution in [0.1, 0.15) is 32.1 Å². The number of thiophene rings is 1. The molecule has 1 unspecified atom stereocenters. The van der Waals surface area contributed by atoms with Crippen molar-refractivity contribution in [1.29, 1.82) is 0 Å². The summed E-state index contributed by atoms with van der Waals surface area (Å²) in [5.74, 6) is -0.108. The lowest BCUT2D eigenvalue weighted by molar-refractivity contribution is -0.122. The molecule has 2 aromatic heterocycles. The molecule has 3 heterocycles. The van der Waals surface area contributed by atoms with Gasteiger partial charge in [0.15, 0.2) is 0 Å². The van der Waals surface area contributed by atoms with Gasteiger partial charge in [-0.25, -0.2) is 4.98 Å². The van der Waals surface area contributed by atoms with Crippen molar-refractivity contribution in [3.63, 3.8) is 0 Å². The summed E-state index contributed by atoms with van der Waals surface area (Å²) in [6.45, 7) is 0.984. The number of nitrogens with one attached hydrogen (secondary N) is 2. The number of amides is 1. The molecule has 2 N–H and O–H groups in total. The van der Waals surface area contributed by atoms with E-state index >= 15 is 0 Å². The highest BCUT2D eigenvalue weighted by molar-refractivity contribution is 7.16. The van der Waals surface area contributed by atoms with Gasteiger partial charge < -0.3 is 10.6 Å². The van der Waals surface area contributed by atoms with E-state index in [2.05, 4.69) is 15.6 Å². The maximum Gasteiger partial charge on any atom is 0.262 e. The smallest absolute Gasteiger partial charge is 0.262 e. The largest absolute Gasteiger partial charge is 0.350 e. The van der Waals surface area contributed by atoms with Crippen molar-refractivity contribution in [3.05, 3.63) is 28.1 Å². The second-order valence-electron chi connectivity index (χ2n) is 6.52. The minimum atomic E-state index is -0.147. The number of hydrogen-bond donors (Lipinski definition) is 2. The number of nitrogens with zero attached hydrogens (tertiary/aromatic N) is 2. The van der Waals surface area contributed by atoms with E-state index in [1.807, 2.05) is 5.38 Å². The number of hydrogen-bond acceptors (Lipinski definition) is 5. The molecule has 1 spiro atoms. The van der Waals surface area contributed by atoms with Crippen molar-refractivity contribution in [2.75, 3.05) is 6.54 Å². The summed E-state index contributed by atoms with van der Waals surface area (Å²) >= 11 is 1.43. The van der Waals surface area contributed by atoms with Crippen LogP contribution in [0.5, 0.6) is 0 Å². The summed E-state index contributed by atoms with van der Waals surface area (Å²) < 4.78 is 1.40. The molecule has 6 nitrogen and oxygen atoms in total. The van der Waals surface area contributed by atoms with Gasteiger partial charge in [0, 0.05) is 11.6 Å². The zero-order chi connectivity index (χ0) is 15.9. The van der Waals surface area contributed by atoms with Crippen LogP contribution in [-0.2, 0) is 11.3 Å². The first-order valence-electron chi connectivity index (χ1n) is 8.15. The predicted octanol–water partition coefficient (Wildman–Crippen LogP) is 1.25. The summed E-state index contributed by atoms with van der Waals surface area (Å²) in [4.78, 5) is 29.7. The fourth-order valence-corrected chi connectivity index (χ4v) is 4.73. The standard InChI is InChI=1S/C16H20N4O2S/c21-13(19-12-3-7-18-16(12)5-1-2-6-16)9-20-10-17-14-11(15(20)22)4-8-23-14/h4,8,10,12,18H,1-3,5-7,9H2,(H,19,21). The van der Waals surface area contributed by atoms with Gasteiger partial charge in [-0.2, -0.15) is 0 Å². The monoisotopic (exact) mass is 332 g/mol. The van der Waals surface area contributed by atoms with Crippen LogP contribution in [0.2, 0.25) is 0 Å². The average molecular weight is 332 g/mol. The van der Waals surface area contributed by atoms with E-state index in [4.69, 9.17) is 0 Å². The highest BCUT2D eigenvalue weighted by atomic mass is 32.1. The topological polar surface area (TPSA) is 76.0 Å². The normalized spacial score (nSPS) is 22.9. The molecule has 0 bridgehead atoms. The molecule has 2 aromatic rings. The molecule has 2 aliphatic rings. The van der Waals surface area contributed by atoms with Gasteiger partial charge in [0.25, 0.3) is 5.56 Å². The molecule has 0 aromatic carbocycles. The molecule has 122 valence electrons. The fourth-order valence-electron chi connectivity index (χ4n) is 4.01. The molecule has 0 radical (unpaired) electrons. The lowest BCUT2D eigenvalue weighted by Crippen LogP contribution is -2.53. The Morgan fingerprint density at radius 3 is 3.13 bits per heavy atom. The molecule has 2 fully saturated rings. The van der Waals surface area contributed by atoms with E-state index in [0.29, 0.717) is 5.39 Å². The van der Waals surface area contributed by atoms with Gasteiger partial charge in [0.2, 0.25) is 5.91 Å². The molecule has 1 aliphatic heterocycles. The first kappa shape index (κ1) is 14.8. The molecule has 1 aliphatic carbocycles. The van der Waals surface area contributed by atoms with Crippen molar-refractivity contribution in [2.45, 2.75) is 50.2 Å². The lowest BCUT2D eigenvalue weighted by atomic mass is 9.90. The Hall–Kier alpha value is -1.73. The summed E-state index contributed by atoms with van der Waals surface area (Å²) in [6.07, 6.45) is 7.12. The van der Waals surface area contributed by atoms with Crippen molar-refractivity contribution >= 4 is 27.5 Å². The molecule has 1 amide bonds. The van der Waals surface area contributed by atoms with Gasteiger partial charge in [-0.15, -0.1) is 11.3 Å². The van der Waals surface area contributed by atoms with Crippen LogP contribution in [-0.4, -0.2) is 33.6 Å². The average Bonchev–Trinajstić information content (AvgIpc) is 3.26. The Balaban J connectivity index is 1.49. The van der Waals surface area contributed by atoms with Crippen molar-refractivity contribution in [3.8, 4) is 0 Å². The maximum atomic E-state index is 12.4. The summed E-state index contributed by atoms with van der Waals surface area (Å²) in [7, 11) is 0. The molecule has 7 heteroatoms. The molecule has 4 rings (SSSR count). The van der Waals surface area contributed by atoms with Crippen molar-refractivity contribution in [1.82, 2.24) is 20.2 Å². The Kier molecular flexibility index (Phi) is 3.69. The molecule has 1 saturated carbocycles. The number of aromatic nitrogens is 2. The number of carbonyl (C=O) groups is 1. The predicted molar refractivity (Wildman–Crippen MR) is 89.6 cm³/mol. The van der Waals surface area contributed by atoms with E-state index in [-0.39, 0.29) is 29.6 Å². The minimum Gasteiger partial charge on any atom is -0.350 e. The molecule has 1 atom stereocenters. The zero-order valence-corrected chi connectivity index (χ0v) is 13.7. The third-order valence-electron chi connectivity index (χ3n) is 5.17. The van der Waals surface area contributed by atoms with Gasteiger partial charge in [0.1, 0.15) is 11.4 Å². The third-order valence-corrected chi connectivity index (χ3v) is 5.99. The van der Waals surface area contributed by atoms with Crippen LogP contribution in [0.25, 0.3) is 10.2 Å². The molecule has 23 heavy (non-hydrogen) atoms. The molecule has 1 saturated heterocycles. The zero-order valence-electron chi connectivity index (χ0n) is 12.9. The van der Waals surface area contributed by atoms with Crippen LogP contribution >= 0.6 is 11.3 Å². The van der Waals surface area contributed by atoms with E-state index < -0.39 is 0 Å². The number of carbonyl (C=O) groups excluding carboxylic acids is 1. The Morgan fingerprint density at radius 1 is 1.48 bits per heavy atom. The van der Waals surface area contributed by atoms with E-state index in [0.717, 1.165) is 30.6 Å². The van der Waals surface area contributed by atoms with E-state index in [1.165, 1.54) is 35.1 Å². The third kappa shape index (κ3) is 2.57. The van der Waals surface area contributed by atoms with Crippen molar-refractivity contribution < 1.29 is 4.79 Å². The fraction of sp³-hybridized carbons (Fsp3) is 0.562. The Morgan fingerprint density at radius 2 is 2.30 bits per heavy atom. The van der Waals surface area contributed by atoms with Crippen LogP contribution in [0, 0.1) is 0 Å². The van der Waals surface area contributed by atoms with E-state index in [9.17, 15) is 9.59 Å². The quantitative estimate of drug-likeness (QED) is 0.887. The van der Waals surface area contributed by atoms with Gasteiger partial charge in [0.05, 0.1) is 11.7 Å². The second-order valence-corrected chi connectivity index (χ2v) is 7.41.